The Kier molecular flexibility index (Phi) is 6.05. The van der Waals surface area contributed by atoms with Crippen molar-refractivity contribution >= 4 is 11.6 Å². The number of pyridine rings is 1. The lowest BCUT2D eigenvalue weighted by molar-refractivity contribution is -0.142. The van der Waals surface area contributed by atoms with Crippen molar-refractivity contribution in [2.24, 2.45) is 0 Å². The van der Waals surface area contributed by atoms with Gasteiger partial charge in [-0.2, -0.15) is 27.1 Å². The summed E-state index contributed by atoms with van der Waals surface area (Å²) in [6.45, 7) is -3.04. The van der Waals surface area contributed by atoms with Crippen molar-refractivity contribution in [3.05, 3.63) is 65.2 Å². The highest BCUT2D eigenvalue weighted by Gasteiger charge is 2.39. The zero-order chi connectivity index (χ0) is 23.8. The Bertz CT molecular complexity index is 1180. The lowest BCUT2D eigenvalue weighted by Gasteiger charge is -2.19. The predicted molar refractivity (Wildman–Crippen MR) is 109 cm³/mol. The van der Waals surface area contributed by atoms with Crippen molar-refractivity contribution in [2.75, 3.05) is 11.9 Å². The molecule has 2 heterocycles. The number of fused-ring (bicyclic) bond motifs is 1. The van der Waals surface area contributed by atoms with Crippen molar-refractivity contribution in [1.29, 1.82) is 0 Å². The summed E-state index contributed by atoms with van der Waals surface area (Å²) in [6, 6.07) is 7.33. The van der Waals surface area contributed by atoms with Gasteiger partial charge in [0.05, 0.1) is 23.8 Å². The number of halogens is 5. The molecule has 0 N–H and O–H groups in total. The van der Waals surface area contributed by atoms with E-state index in [2.05, 4.69) is 14.8 Å². The van der Waals surface area contributed by atoms with Gasteiger partial charge in [0.15, 0.2) is 5.69 Å². The van der Waals surface area contributed by atoms with Crippen molar-refractivity contribution in [2.45, 2.75) is 38.5 Å². The number of anilines is 1. The molecule has 0 saturated carbocycles. The van der Waals surface area contributed by atoms with Crippen LogP contribution in [-0.2, 0) is 19.0 Å². The molecule has 0 atom stereocenters. The van der Waals surface area contributed by atoms with E-state index in [0.29, 0.717) is 30.6 Å². The molecule has 1 aromatic carbocycles. The number of ether oxygens (including phenoxy) is 1. The van der Waals surface area contributed by atoms with E-state index in [1.165, 1.54) is 41.0 Å². The summed E-state index contributed by atoms with van der Waals surface area (Å²) >= 11 is 0. The maximum absolute atomic E-state index is 13.5. The van der Waals surface area contributed by atoms with Crippen LogP contribution in [0.25, 0.3) is 5.69 Å². The first kappa shape index (κ1) is 22.7. The quantitative estimate of drug-likeness (QED) is 0.495. The van der Waals surface area contributed by atoms with Gasteiger partial charge in [0, 0.05) is 29.9 Å². The molecule has 6 nitrogen and oxygen atoms in total. The smallest absolute Gasteiger partial charge is 0.433 e. The molecular formula is C22H19F5N4O2. The van der Waals surface area contributed by atoms with Gasteiger partial charge in [0.2, 0.25) is 0 Å². The normalized spacial score (nSPS) is 13.7. The van der Waals surface area contributed by atoms with Crippen LogP contribution in [-0.4, -0.2) is 34.3 Å². The molecular weight excluding hydrogens is 447 g/mol. The molecule has 1 aliphatic rings. The minimum atomic E-state index is -4.57. The Balaban J connectivity index is 1.67. The van der Waals surface area contributed by atoms with Crippen LogP contribution in [0.4, 0.5) is 27.6 Å². The van der Waals surface area contributed by atoms with Gasteiger partial charge in [-0.3, -0.25) is 9.78 Å². The molecule has 174 valence electrons. The van der Waals surface area contributed by atoms with Crippen LogP contribution in [0.3, 0.4) is 0 Å². The highest BCUT2D eigenvalue weighted by molar-refractivity contribution is 6.06. The zero-order valence-electron chi connectivity index (χ0n) is 17.4. The number of hydrogen-bond acceptors (Lipinski definition) is 4. The minimum absolute atomic E-state index is 0.184. The summed E-state index contributed by atoms with van der Waals surface area (Å²) in [7, 11) is 1.43. The SMILES string of the molecule is CN(C(=O)c1cccc(-n2nc(C(F)(F)F)c3c2CCCC3)c1)c1cncc(OC(F)F)c1. The van der Waals surface area contributed by atoms with Crippen molar-refractivity contribution < 1.29 is 31.5 Å². The fourth-order valence-electron chi connectivity index (χ4n) is 3.88. The van der Waals surface area contributed by atoms with Crippen LogP contribution in [0.2, 0.25) is 0 Å². The third kappa shape index (κ3) is 4.67. The second kappa shape index (κ2) is 8.80. The average Bonchev–Trinajstić information content (AvgIpc) is 3.18. The number of amides is 1. The summed E-state index contributed by atoms with van der Waals surface area (Å²) in [5.41, 5.74) is 0.518. The lowest BCUT2D eigenvalue weighted by atomic mass is 9.95. The summed E-state index contributed by atoms with van der Waals surface area (Å²) in [5, 5.41) is 3.85. The fraction of sp³-hybridized carbons (Fsp3) is 0.318. The van der Waals surface area contributed by atoms with Gasteiger partial charge in [-0.25, -0.2) is 4.68 Å². The van der Waals surface area contributed by atoms with Crippen molar-refractivity contribution in [3.8, 4) is 11.4 Å². The van der Waals surface area contributed by atoms with E-state index in [1.54, 1.807) is 12.1 Å². The van der Waals surface area contributed by atoms with Crippen LogP contribution < -0.4 is 9.64 Å². The Morgan fingerprint density at radius 1 is 1.15 bits per heavy atom. The number of nitrogens with zero attached hydrogens (tertiary/aromatic N) is 4. The van der Waals surface area contributed by atoms with Crippen LogP contribution >= 0.6 is 0 Å². The Morgan fingerprint density at radius 3 is 2.64 bits per heavy atom. The topological polar surface area (TPSA) is 60.2 Å². The Labute approximate surface area is 185 Å². The predicted octanol–water partition coefficient (Wildman–Crippen LogP) is 5.04. The molecule has 3 aromatic rings. The van der Waals surface area contributed by atoms with Crippen molar-refractivity contribution in [1.82, 2.24) is 14.8 Å². The van der Waals surface area contributed by atoms with E-state index < -0.39 is 24.4 Å². The van der Waals surface area contributed by atoms with Crippen LogP contribution in [0.15, 0.2) is 42.7 Å². The molecule has 0 fully saturated rings. The number of rotatable bonds is 5. The highest BCUT2D eigenvalue weighted by atomic mass is 19.4. The lowest BCUT2D eigenvalue weighted by Crippen LogP contribution is -2.26. The first-order valence-corrected chi connectivity index (χ1v) is 10.1. The molecule has 1 aliphatic carbocycles. The number of benzene rings is 1. The summed E-state index contributed by atoms with van der Waals surface area (Å²) in [5.74, 6) is -0.719. The first-order valence-electron chi connectivity index (χ1n) is 10.1. The van der Waals surface area contributed by atoms with Gasteiger partial charge in [-0.05, 0) is 43.9 Å². The Hall–Kier alpha value is -3.50. The summed E-state index contributed by atoms with van der Waals surface area (Å²) < 4.78 is 71.1. The molecule has 1 amide bonds. The third-order valence-corrected chi connectivity index (χ3v) is 5.40. The molecule has 0 radical (unpaired) electrons. The average molecular weight is 466 g/mol. The van der Waals surface area contributed by atoms with Gasteiger partial charge in [-0.15, -0.1) is 0 Å². The van der Waals surface area contributed by atoms with Gasteiger partial charge in [-0.1, -0.05) is 6.07 Å². The molecule has 4 rings (SSSR count). The number of carbonyl (C=O) groups excluding carboxylic acids is 1. The minimum Gasteiger partial charge on any atom is -0.433 e. The van der Waals surface area contributed by atoms with E-state index in [-0.39, 0.29) is 22.6 Å². The highest BCUT2D eigenvalue weighted by Crippen LogP contribution is 2.37. The van der Waals surface area contributed by atoms with E-state index in [9.17, 15) is 26.7 Å². The third-order valence-electron chi connectivity index (χ3n) is 5.40. The number of aromatic nitrogens is 3. The molecule has 11 heteroatoms. The number of carbonyl (C=O) groups is 1. The fourth-order valence-corrected chi connectivity index (χ4v) is 3.88. The maximum Gasteiger partial charge on any atom is 0.435 e. The molecule has 33 heavy (non-hydrogen) atoms. The van der Waals surface area contributed by atoms with E-state index in [1.807, 2.05) is 0 Å². The first-order chi connectivity index (χ1) is 15.6. The van der Waals surface area contributed by atoms with Gasteiger partial charge < -0.3 is 9.64 Å². The summed E-state index contributed by atoms with van der Waals surface area (Å²) in [4.78, 5) is 18.0. The van der Waals surface area contributed by atoms with Gasteiger partial charge in [0.1, 0.15) is 5.75 Å². The van der Waals surface area contributed by atoms with Gasteiger partial charge >= 0.3 is 12.8 Å². The van der Waals surface area contributed by atoms with E-state index >= 15 is 0 Å². The van der Waals surface area contributed by atoms with E-state index in [4.69, 9.17) is 0 Å². The Morgan fingerprint density at radius 2 is 1.91 bits per heavy atom. The molecule has 0 saturated heterocycles. The van der Waals surface area contributed by atoms with Crippen molar-refractivity contribution in [3.63, 3.8) is 0 Å². The molecule has 0 unspecified atom stereocenters. The molecule has 0 bridgehead atoms. The summed E-state index contributed by atoms with van der Waals surface area (Å²) in [6.07, 6.45) is -0.00457. The number of hydrogen-bond donors (Lipinski definition) is 0. The standard InChI is InChI=1S/C22H19F5N4O2/c1-30(15-10-16(12-28-11-15)33-21(23)24)20(32)13-5-4-6-14(9-13)31-18-8-3-2-7-17(18)19(29-31)22(25,26)27/h4-6,9-12,21H,2-3,7-8H2,1H3. The van der Waals surface area contributed by atoms with E-state index in [0.717, 1.165) is 12.6 Å². The zero-order valence-corrected chi connectivity index (χ0v) is 17.4. The van der Waals surface area contributed by atoms with Crippen LogP contribution in [0.5, 0.6) is 5.75 Å². The van der Waals surface area contributed by atoms with Crippen LogP contribution in [0.1, 0.15) is 40.2 Å². The molecule has 2 aromatic heterocycles. The molecule has 0 aliphatic heterocycles. The second-order valence-electron chi connectivity index (χ2n) is 7.56. The van der Waals surface area contributed by atoms with Crippen LogP contribution in [0, 0.1) is 0 Å². The van der Waals surface area contributed by atoms with Gasteiger partial charge in [0.25, 0.3) is 5.91 Å². The monoisotopic (exact) mass is 466 g/mol. The maximum atomic E-state index is 13.5. The number of alkyl halides is 5. The second-order valence-corrected chi connectivity index (χ2v) is 7.56. The largest absolute Gasteiger partial charge is 0.435 e. The molecule has 0 spiro atoms.